The van der Waals surface area contributed by atoms with Crippen LogP contribution in [-0.4, -0.2) is 43.3 Å². The van der Waals surface area contributed by atoms with E-state index in [0.29, 0.717) is 13.2 Å². The fraction of sp³-hybridized carbons (Fsp3) is 0.562. The normalized spacial score (nSPS) is 13.7. The Kier molecular flexibility index (Phi) is 4.60. The number of ether oxygens (including phenoxy) is 2. The molecular formula is C16H24N2O3. The van der Waals surface area contributed by atoms with Crippen molar-refractivity contribution >= 4 is 11.8 Å². The van der Waals surface area contributed by atoms with Gasteiger partial charge in [-0.05, 0) is 44.9 Å². The summed E-state index contributed by atoms with van der Waals surface area (Å²) in [7, 11) is 1.76. The first-order valence-corrected chi connectivity index (χ1v) is 7.29. The predicted octanol–water partition coefficient (Wildman–Crippen LogP) is 2.90. The fourth-order valence-corrected chi connectivity index (χ4v) is 2.07. The second kappa shape index (κ2) is 6.24. The SMILES string of the molecule is CN(CCc1ccc2c(c1)NCCO2)C(=O)OC(C)(C)C. The number of carbonyl (C=O) groups is 1. The maximum Gasteiger partial charge on any atom is 0.410 e. The quantitative estimate of drug-likeness (QED) is 0.930. The molecule has 0 aliphatic carbocycles. The minimum absolute atomic E-state index is 0.290. The van der Waals surface area contributed by atoms with Gasteiger partial charge in [-0.3, -0.25) is 0 Å². The van der Waals surface area contributed by atoms with Gasteiger partial charge in [0.25, 0.3) is 0 Å². The Morgan fingerprint density at radius 1 is 1.43 bits per heavy atom. The van der Waals surface area contributed by atoms with Crippen LogP contribution in [0.15, 0.2) is 18.2 Å². The zero-order chi connectivity index (χ0) is 15.5. The number of rotatable bonds is 3. The molecule has 1 amide bonds. The van der Waals surface area contributed by atoms with Crippen LogP contribution in [0.4, 0.5) is 10.5 Å². The molecule has 0 atom stereocenters. The Bertz CT molecular complexity index is 509. The summed E-state index contributed by atoms with van der Waals surface area (Å²) in [4.78, 5) is 13.5. The van der Waals surface area contributed by atoms with Crippen molar-refractivity contribution in [2.24, 2.45) is 0 Å². The maximum atomic E-state index is 11.9. The van der Waals surface area contributed by atoms with Crippen molar-refractivity contribution in [3.63, 3.8) is 0 Å². The third-order valence-electron chi connectivity index (χ3n) is 3.16. The lowest BCUT2D eigenvalue weighted by molar-refractivity contribution is 0.0301. The van der Waals surface area contributed by atoms with Crippen LogP contribution in [0.25, 0.3) is 0 Å². The van der Waals surface area contributed by atoms with Crippen LogP contribution >= 0.6 is 0 Å². The minimum Gasteiger partial charge on any atom is -0.490 e. The molecule has 1 aromatic rings. The van der Waals surface area contributed by atoms with Crippen molar-refractivity contribution in [2.45, 2.75) is 32.8 Å². The van der Waals surface area contributed by atoms with Crippen molar-refractivity contribution in [3.8, 4) is 5.75 Å². The van der Waals surface area contributed by atoms with Gasteiger partial charge in [0.1, 0.15) is 18.0 Å². The van der Waals surface area contributed by atoms with Gasteiger partial charge in [0.05, 0.1) is 5.69 Å². The number of hydrogen-bond acceptors (Lipinski definition) is 4. The van der Waals surface area contributed by atoms with Crippen molar-refractivity contribution < 1.29 is 14.3 Å². The van der Waals surface area contributed by atoms with E-state index in [1.807, 2.05) is 32.9 Å². The zero-order valence-corrected chi connectivity index (χ0v) is 13.2. The Labute approximate surface area is 126 Å². The molecule has 116 valence electrons. The third-order valence-corrected chi connectivity index (χ3v) is 3.16. The molecule has 21 heavy (non-hydrogen) atoms. The van der Waals surface area contributed by atoms with Gasteiger partial charge in [-0.2, -0.15) is 0 Å². The van der Waals surface area contributed by atoms with E-state index in [9.17, 15) is 4.79 Å². The Balaban J connectivity index is 1.89. The minimum atomic E-state index is -0.460. The zero-order valence-electron chi connectivity index (χ0n) is 13.2. The number of benzene rings is 1. The van der Waals surface area contributed by atoms with Crippen molar-refractivity contribution in [1.29, 1.82) is 0 Å². The van der Waals surface area contributed by atoms with Crippen LogP contribution in [0.2, 0.25) is 0 Å². The summed E-state index contributed by atoms with van der Waals surface area (Å²) >= 11 is 0. The molecule has 5 nitrogen and oxygen atoms in total. The van der Waals surface area contributed by atoms with E-state index in [2.05, 4.69) is 11.4 Å². The molecule has 0 bridgehead atoms. The number of nitrogens with one attached hydrogen (secondary N) is 1. The lowest BCUT2D eigenvalue weighted by Crippen LogP contribution is -2.35. The smallest absolute Gasteiger partial charge is 0.410 e. The van der Waals surface area contributed by atoms with E-state index in [1.165, 1.54) is 5.56 Å². The van der Waals surface area contributed by atoms with Gasteiger partial charge >= 0.3 is 6.09 Å². The molecule has 1 heterocycles. The number of amides is 1. The number of likely N-dealkylation sites (N-methyl/N-ethyl adjacent to an activating group) is 1. The van der Waals surface area contributed by atoms with Crippen LogP contribution in [0.3, 0.4) is 0 Å². The summed E-state index contributed by atoms with van der Waals surface area (Å²) in [6.45, 7) is 7.76. The van der Waals surface area contributed by atoms with E-state index >= 15 is 0 Å². The predicted molar refractivity (Wildman–Crippen MR) is 83.0 cm³/mol. The van der Waals surface area contributed by atoms with Crippen LogP contribution < -0.4 is 10.1 Å². The molecular weight excluding hydrogens is 268 g/mol. The van der Waals surface area contributed by atoms with Crippen LogP contribution in [0.5, 0.6) is 5.75 Å². The van der Waals surface area contributed by atoms with E-state index < -0.39 is 5.60 Å². The highest BCUT2D eigenvalue weighted by atomic mass is 16.6. The first-order valence-electron chi connectivity index (χ1n) is 7.29. The summed E-state index contributed by atoms with van der Waals surface area (Å²) in [5.74, 6) is 0.894. The highest BCUT2D eigenvalue weighted by Crippen LogP contribution is 2.28. The third kappa shape index (κ3) is 4.55. The first-order chi connectivity index (χ1) is 9.85. The lowest BCUT2D eigenvalue weighted by Gasteiger charge is -2.25. The fourth-order valence-electron chi connectivity index (χ4n) is 2.07. The molecule has 0 aromatic heterocycles. The second-order valence-corrected chi connectivity index (χ2v) is 6.26. The monoisotopic (exact) mass is 292 g/mol. The van der Waals surface area contributed by atoms with Gasteiger partial charge in [0.2, 0.25) is 0 Å². The molecule has 1 aliphatic rings. The summed E-state index contributed by atoms with van der Waals surface area (Å²) in [5.41, 5.74) is 1.74. The summed E-state index contributed by atoms with van der Waals surface area (Å²) in [5, 5.41) is 3.31. The second-order valence-electron chi connectivity index (χ2n) is 6.26. The van der Waals surface area contributed by atoms with Crippen LogP contribution in [-0.2, 0) is 11.2 Å². The number of anilines is 1. The highest BCUT2D eigenvalue weighted by Gasteiger charge is 2.19. The number of fused-ring (bicyclic) bond motifs is 1. The largest absolute Gasteiger partial charge is 0.490 e. The molecule has 0 fully saturated rings. The Hall–Kier alpha value is -1.91. The van der Waals surface area contributed by atoms with Crippen molar-refractivity contribution in [2.75, 3.05) is 32.1 Å². The highest BCUT2D eigenvalue weighted by molar-refractivity contribution is 5.67. The van der Waals surface area contributed by atoms with E-state index in [-0.39, 0.29) is 6.09 Å². The first kappa shape index (κ1) is 15.5. The molecule has 2 rings (SSSR count). The molecule has 1 aliphatic heterocycles. The molecule has 5 heteroatoms. The van der Waals surface area contributed by atoms with Gasteiger partial charge < -0.3 is 19.7 Å². The average molecular weight is 292 g/mol. The summed E-state index contributed by atoms with van der Waals surface area (Å²) in [6.07, 6.45) is 0.493. The van der Waals surface area contributed by atoms with E-state index in [4.69, 9.17) is 9.47 Å². The van der Waals surface area contributed by atoms with Gasteiger partial charge in [0, 0.05) is 20.1 Å². The van der Waals surface area contributed by atoms with E-state index in [0.717, 1.165) is 24.4 Å². The Morgan fingerprint density at radius 2 is 2.19 bits per heavy atom. The Morgan fingerprint density at radius 3 is 2.90 bits per heavy atom. The van der Waals surface area contributed by atoms with Gasteiger partial charge in [-0.15, -0.1) is 0 Å². The molecule has 0 saturated heterocycles. The maximum absolute atomic E-state index is 11.9. The number of nitrogens with zero attached hydrogens (tertiary/aromatic N) is 1. The molecule has 0 radical (unpaired) electrons. The molecule has 1 N–H and O–H groups in total. The van der Waals surface area contributed by atoms with E-state index in [1.54, 1.807) is 11.9 Å². The van der Waals surface area contributed by atoms with Gasteiger partial charge in [-0.25, -0.2) is 4.79 Å². The summed E-state index contributed by atoms with van der Waals surface area (Å²) < 4.78 is 10.9. The van der Waals surface area contributed by atoms with Crippen LogP contribution in [0, 0.1) is 0 Å². The standard InChI is InChI=1S/C16H24N2O3/c1-16(2,3)21-15(19)18(4)9-7-12-5-6-14-13(11-12)17-8-10-20-14/h5-6,11,17H,7-10H2,1-4H3. The van der Waals surface area contributed by atoms with Crippen LogP contribution in [0.1, 0.15) is 26.3 Å². The molecule has 1 aromatic carbocycles. The topological polar surface area (TPSA) is 50.8 Å². The molecule has 0 spiro atoms. The lowest BCUT2D eigenvalue weighted by atomic mass is 10.1. The van der Waals surface area contributed by atoms with Gasteiger partial charge in [0.15, 0.2) is 0 Å². The number of hydrogen-bond donors (Lipinski definition) is 1. The average Bonchev–Trinajstić information content (AvgIpc) is 2.42. The molecule has 0 unspecified atom stereocenters. The van der Waals surface area contributed by atoms with Crippen molar-refractivity contribution in [3.05, 3.63) is 23.8 Å². The number of carbonyl (C=O) groups excluding carboxylic acids is 1. The van der Waals surface area contributed by atoms with Gasteiger partial charge in [-0.1, -0.05) is 6.07 Å². The van der Waals surface area contributed by atoms with Crippen molar-refractivity contribution in [1.82, 2.24) is 4.90 Å². The molecule has 0 saturated carbocycles. The summed E-state index contributed by atoms with van der Waals surface area (Å²) in [6, 6.07) is 6.09.